The van der Waals surface area contributed by atoms with E-state index in [0.717, 1.165) is 4.68 Å². The number of rotatable bonds is 5. The van der Waals surface area contributed by atoms with Gasteiger partial charge in [0.15, 0.2) is 0 Å². The molecule has 0 radical (unpaired) electrons. The Kier molecular flexibility index (Phi) is 5.39. The predicted molar refractivity (Wildman–Crippen MR) is 103 cm³/mol. The number of nitrogens with zero attached hydrogens (tertiary/aromatic N) is 2. The molecule has 0 fully saturated rings. The van der Waals surface area contributed by atoms with Crippen LogP contribution >= 0.6 is 0 Å². The van der Waals surface area contributed by atoms with Crippen LogP contribution in [0.25, 0.3) is 10.8 Å². The SMILES string of the molecule is CN(C)C(=O)C(OC(=O)Cn1[nH]c(=O)c2ccccc2c1=O)c1ccccc1. The molecule has 2 aromatic carbocycles. The fraction of sp³-hybridized carbons (Fsp3) is 0.200. The number of carbonyl (C=O) groups excluding carboxylic acids is 2. The lowest BCUT2D eigenvalue weighted by Crippen LogP contribution is -2.35. The molecule has 3 rings (SSSR count). The first-order valence-electron chi connectivity index (χ1n) is 8.56. The van der Waals surface area contributed by atoms with Gasteiger partial charge < -0.3 is 9.64 Å². The standard InChI is InChI=1S/C20H19N3O5/c1-22(2)20(27)17(13-8-4-3-5-9-13)28-16(24)12-23-19(26)15-11-7-6-10-14(15)18(25)21-23/h3-11,17H,12H2,1-2H3,(H,21,25). The van der Waals surface area contributed by atoms with Crippen molar-refractivity contribution in [3.63, 3.8) is 0 Å². The average Bonchev–Trinajstić information content (AvgIpc) is 2.70. The summed E-state index contributed by atoms with van der Waals surface area (Å²) in [5, 5.41) is 2.80. The van der Waals surface area contributed by atoms with E-state index in [1.54, 1.807) is 56.6 Å². The number of likely N-dealkylation sites (N-methyl/N-ethyl adjacent to an activating group) is 1. The molecule has 0 spiro atoms. The molecule has 1 heterocycles. The summed E-state index contributed by atoms with van der Waals surface area (Å²) in [6.07, 6.45) is -1.15. The summed E-state index contributed by atoms with van der Waals surface area (Å²) >= 11 is 0. The highest BCUT2D eigenvalue weighted by Gasteiger charge is 2.26. The van der Waals surface area contributed by atoms with E-state index in [1.165, 1.54) is 17.0 Å². The maximum atomic E-state index is 12.5. The number of H-pyrrole nitrogens is 1. The number of hydrogen-bond acceptors (Lipinski definition) is 5. The third-order valence-corrected chi connectivity index (χ3v) is 4.19. The highest BCUT2D eigenvalue weighted by atomic mass is 16.5. The van der Waals surface area contributed by atoms with Gasteiger partial charge in [-0.05, 0) is 12.1 Å². The third kappa shape index (κ3) is 3.85. The Hall–Kier alpha value is -3.68. The predicted octanol–water partition coefficient (Wildman–Crippen LogP) is 1.06. The minimum atomic E-state index is -1.15. The smallest absolute Gasteiger partial charge is 0.328 e. The number of hydrogen-bond donors (Lipinski definition) is 1. The van der Waals surface area contributed by atoms with Gasteiger partial charge in [0.2, 0.25) is 6.10 Å². The van der Waals surface area contributed by atoms with Crippen molar-refractivity contribution in [3.05, 3.63) is 80.9 Å². The number of amides is 1. The first-order valence-corrected chi connectivity index (χ1v) is 8.56. The van der Waals surface area contributed by atoms with Crippen LogP contribution in [0.15, 0.2) is 64.2 Å². The van der Waals surface area contributed by atoms with E-state index in [1.807, 2.05) is 0 Å². The molecule has 8 nitrogen and oxygen atoms in total. The average molecular weight is 381 g/mol. The molecule has 1 amide bonds. The molecule has 3 aromatic rings. The zero-order valence-corrected chi connectivity index (χ0v) is 15.4. The molecular weight excluding hydrogens is 362 g/mol. The van der Waals surface area contributed by atoms with Crippen molar-refractivity contribution in [1.29, 1.82) is 0 Å². The van der Waals surface area contributed by atoms with Gasteiger partial charge in [0.05, 0.1) is 10.8 Å². The van der Waals surface area contributed by atoms with E-state index in [4.69, 9.17) is 4.74 Å². The van der Waals surface area contributed by atoms with Gasteiger partial charge in [-0.1, -0.05) is 42.5 Å². The molecule has 0 bridgehead atoms. The lowest BCUT2D eigenvalue weighted by molar-refractivity contribution is -0.160. The minimum Gasteiger partial charge on any atom is -0.446 e. The molecule has 1 atom stereocenters. The minimum absolute atomic E-state index is 0.197. The van der Waals surface area contributed by atoms with Gasteiger partial charge in [0.25, 0.3) is 17.0 Å². The second-order valence-electron chi connectivity index (χ2n) is 6.39. The van der Waals surface area contributed by atoms with Crippen LogP contribution in [0.1, 0.15) is 11.7 Å². The van der Waals surface area contributed by atoms with Gasteiger partial charge in [0, 0.05) is 19.7 Å². The summed E-state index contributed by atoms with van der Waals surface area (Å²) in [6, 6.07) is 14.9. The summed E-state index contributed by atoms with van der Waals surface area (Å²) in [4.78, 5) is 50.9. The van der Waals surface area contributed by atoms with Gasteiger partial charge >= 0.3 is 5.97 Å². The third-order valence-electron chi connectivity index (χ3n) is 4.19. The lowest BCUT2D eigenvalue weighted by Gasteiger charge is -2.21. The summed E-state index contributed by atoms with van der Waals surface area (Å²) < 4.78 is 6.24. The number of ether oxygens (including phenoxy) is 1. The van der Waals surface area contributed by atoms with Crippen LogP contribution in [-0.2, 0) is 20.9 Å². The monoisotopic (exact) mass is 381 g/mol. The van der Waals surface area contributed by atoms with Crippen molar-refractivity contribution in [1.82, 2.24) is 14.7 Å². The Bertz CT molecular complexity index is 1130. The van der Waals surface area contributed by atoms with Gasteiger partial charge in [-0.15, -0.1) is 0 Å². The molecule has 8 heteroatoms. The largest absolute Gasteiger partial charge is 0.446 e. The fourth-order valence-corrected chi connectivity index (χ4v) is 2.78. The first-order chi connectivity index (χ1) is 13.4. The van der Waals surface area contributed by atoms with E-state index >= 15 is 0 Å². The molecule has 0 saturated carbocycles. The number of nitrogens with one attached hydrogen (secondary N) is 1. The molecule has 1 unspecified atom stereocenters. The van der Waals surface area contributed by atoms with E-state index in [-0.39, 0.29) is 10.8 Å². The Morgan fingerprint density at radius 1 is 1.00 bits per heavy atom. The molecule has 0 aliphatic rings. The molecule has 0 aliphatic carbocycles. The van der Waals surface area contributed by atoms with Crippen molar-refractivity contribution in [2.24, 2.45) is 0 Å². The quantitative estimate of drug-likeness (QED) is 0.666. The van der Waals surface area contributed by atoms with Crippen LogP contribution in [0.5, 0.6) is 0 Å². The van der Waals surface area contributed by atoms with Crippen molar-refractivity contribution in [3.8, 4) is 0 Å². The number of benzene rings is 2. The maximum Gasteiger partial charge on any atom is 0.328 e. The van der Waals surface area contributed by atoms with Crippen LogP contribution in [0.2, 0.25) is 0 Å². The molecule has 0 aliphatic heterocycles. The topological polar surface area (TPSA) is 101 Å². The van der Waals surface area contributed by atoms with Crippen LogP contribution in [0.4, 0.5) is 0 Å². The van der Waals surface area contributed by atoms with Gasteiger partial charge in [-0.3, -0.25) is 24.3 Å². The van der Waals surface area contributed by atoms with Crippen LogP contribution in [-0.4, -0.2) is 40.7 Å². The molecule has 28 heavy (non-hydrogen) atoms. The molecule has 144 valence electrons. The number of aromatic amines is 1. The van der Waals surface area contributed by atoms with Crippen molar-refractivity contribution in [2.75, 3.05) is 14.1 Å². The summed E-state index contributed by atoms with van der Waals surface area (Å²) in [6.45, 7) is -0.525. The van der Waals surface area contributed by atoms with Crippen LogP contribution in [0.3, 0.4) is 0 Å². The first kappa shape index (κ1) is 19.1. The van der Waals surface area contributed by atoms with E-state index < -0.39 is 35.6 Å². The highest BCUT2D eigenvalue weighted by molar-refractivity contribution is 5.85. The lowest BCUT2D eigenvalue weighted by atomic mass is 10.1. The number of esters is 1. The fourth-order valence-electron chi connectivity index (χ4n) is 2.78. The number of fused-ring (bicyclic) bond motifs is 1. The Balaban J connectivity index is 1.89. The molecule has 1 aromatic heterocycles. The Morgan fingerprint density at radius 2 is 1.61 bits per heavy atom. The highest BCUT2D eigenvalue weighted by Crippen LogP contribution is 2.19. The maximum absolute atomic E-state index is 12.5. The molecule has 0 saturated heterocycles. The second-order valence-corrected chi connectivity index (χ2v) is 6.39. The van der Waals surface area contributed by atoms with E-state index in [0.29, 0.717) is 5.56 Å². The number of carbonyl (C=O) groups is 2. The summed E-state index contributed by atoms with van der Waals surface area (Å²) in [5.74, 6) is -1.24. The normalized spacial score (nSPS) is 11.8. The van der Waals surface area contributed by atoms with Crippen molar-refractivity contribution in [2.45, 2.75) is 12.6 Å². The van der Waals surface area contributed by atoms with Crippen molar-refractivity contribution >= 4 is 22.6 Å². The zero-order chi connectivity index (χ0) is 20.3. The zero-order valence-electron chi connectivity index (χ0n) is 15.4. The summed E-state index contributed by atoms with van der Waals surface area (Å²) in [7, 11) is 3.11. The van der Waals surface area contributed by atoms with E-state index in [2.05, 4.69) is 5.10 Å². The van der Waals surface area contributed by atoms with E-state index in [9.17, 15) is 19.2 Å². The second kappa shape index (κ2) is 7.91. The van der Waals surface area contributed by atoms with Crippen LogP contribution < -0.4 is 11.1 Å². The van der Waals surface area contributed by atoms with Gasteiger partial charge in [-0.2, -0.15) is 0 Å². The molecule has 1 N–H and O–H groups in total. The van der Waals surface area contributed by atoms with Gasteiger partial charge in [-0.25, -0.2) is 4.68 Å². The Morgan fingerprint density at radius 3 is 2.25 bits per heavy atom. The summed E-state index contributed by atoms with van der Waals surface area (Å²) in [5.41, 5.74) is -0.511. The van der Waals surface area contributed by atoms with Crippen molar-refractivity contribution < 1.29 is 14.3 Å². The number of aromatic nitrogens is 2. The van der Waals surface area contributed by atoms with Crippen LogP contribution in [0, 0.1) is 0 Å². The Labute approximate surface area is 159 Å². The van der Waals surface area contributed by atoms with Gasteiger partial charge in [0.1, 0.15) is 6.54 Å². The molecular formula is C20H19N3O5.